The van der Waals surface area contributed by atoms with E-state index in [1.165, 1.54) is 11.3 Å². The highest BCUT2D eigenvalue weighted by atomic mass is 32.1. The van der Waals surface area contributed by atoms with Gasteiger partial charge in [0.25, 0.3) is 0 Å². The highest BCUT2D eigenvalue weighted by molar-refractivity contribution is 7.67. The van der Waals surface area contributed by atoms with Gasteiger partial charge in [0.1, 0.15) is 5.00 Å². The first-order chi connectivity index (χ1) is 7.48. The summed E-state index contributed by atoms with van der Waals surface area (Å²) in [4.78, 5) is 12.4. The third-order valence-electron chi connectivity index (χ3n) is 2.43. The summed E-state index contributed by atoms with van der Waals surface area (Å²) in [6.45, 7) is 5.86. The topological polar surface area (TPSA) is 67.4 Å². The Balaban J connectivity index is 2.60. The number of hydrogen-bond donors (Lipinski definition) is 2. The quantitative estimate of drug-likeness (QED) is 0.802. The van der Waals surface area contributed by atoms with Gasteiger partial charge in [0.05, 0.1) is 11.9 Å². The Labute approximate surface area is 97.7 Å². The van der Waals surface area contributed by atoms with E-state index in [2.05, 4.69) is 10.4 Å². The predicted molar refractivity (Wildman–Crippen MR) is 64.8 cm³/mol. The van der Waals surface area contributed by atoms with E-state index in [9.17, 15) is 9.36 Å². The number of anilines is 1. The van der Waals surface area contributed by atoms with Crippen molar-refractivity contribution in [2.75, 3.05) is 11.9 Å². The molecular weight excluding hydrogens is 247 g/mol. The zero-order valence-electron chi connectivity index (χ0n) is 9.29. The van der Waals surface area contributed by atoms with Gasteiger partial charge in [0, 0.05) is 4.88 Å². The van der Waals surface area contributed by atoms with Crippen molar-refractivity contribution < 1.29 is 13.9 Å². The van der Waals surface area contributed by atoms with Crippen LogP contribution in [-0.4, -0.2) is 12.6 Å². The number of thiophene rings is 1. The standard InChI is InChI=1S/C9H13N2O3PS/c1-4-14-15(13)7-5(2)6(3)16-8(7)10-9(12)11-15/h4H2,1-3H3,(H2,10,11,12,13). The van der Waals surface area contributed by atoms with Crippen LogP contribution in [-0.2, 0) is 9.09 Å². The maximum Gasteiger partial charge on any atom is 0.330 e. The van der Waals surface area contributed by atoms with Gasteiger partial charge < -0.3 is 4.52 Å². The second-order valence-electron chi connectivity index (χ2n) is 3.50. The molecule has 2 heterocycles. The Morgan fingerprint density at radius 1 is 1.44 bits per heavy atom. The molecule has 1 aromatic rings. The lowest BCUT2D eigenvalue weighted by Gasteiger charge is -2.24. The molecule has 0 aliphatic carbocycles. The van der Waals surface area contributed by atoms with Crippen molar-refractivity contribution in [1.29, 1.82) is 0 Å². The number of aryl methyl sites for hydroxylation is 1. The van der Waals surface area contributed by atoms with Gasteiger partial charge in [-0.25, -0.2) is 4.79 Å². The van der Waals surface area contributed by atoms with Gasteiger partial charge in [0.2, 0.25) is 0 Å². The first-order valence-corrected chi connectivity index (χ1v) is 7.36. The monoisotopic (exact) mass is 260 g/mol. The van der Waals surface area contributed by atoms with E-state index in [1.807, 2.05) is 13.8 Å². The van der Waals surface area contributed by atoms with E-state index in [0.29, 0.717) is 16.9 Å². The number of rotatable bonds is 2. The van der Waals surface area contributed by atoms with Crippen LogP contribution in [0.1, 0.15) is 17.4 Å². The molecule has 7 heteroatoms. The molecule has 1 atom stereocenters. The third kappa shape index (κ3) is 1.67. The van der Waals surface area contributed by atoms with E-state index >= 15 is 0 Å². The number of urea groups is 1. The lowest BCUT2D eigenvalue weighted by Crippen LogP contribution is -2.38. The first kappa shape index (κ1) is 11.6. The average molecular weight is 260 g/mol. The molecule has 0 bridgehead atoms. The molecule has 0 saturated heterocycles. The molecule has 1 unspecified atom stereocenters. The molecule has 0 radical (unpaired) electrons. The number of carbonyl (C=O) groups is 1. The fourth-order valence-corrected chi connectivity index (χ4v) is 5.11. The molecule has 0 aromatic carbocycles. The van der Waals surface area contributed by atoms with Crippen molar-refractivity contribution in [2.24, 2.45) is 0 Å². The second-order valence-corrected chi connectivity index (χ2v) is 6.75. The van der Waals surface area contributed by atoms with Crippen LogP contribution >= 0.6 is 18.9 Å². The van der Waals surface area contributed by atoms with Gasteiger partial charge in [-0.2, -0.15) is 0 Å². The number of hydrogen-bond acceptors (Lipinski definition) is 4. The van der Waals surface area contributed by atoms with Crippen molar-refractivity contribution in [3.8, 4) is 0 Å². The van der Waals surface area contributed by atoms with Crippen LogP contribution in [0.4, 0.5) is 9.80 Å². The molecule has 1 aliphatic heterocycles. The highest BCUT2D eigenvalue weighted by Gasteiger charge is 2.39. The van der Waals surface area contributed by atoms with Crippen LogP contribution < -0.4 is 15.7 Å². The summed E-state index contributed by atoms with van der Waals surface area (Å²) in [5.41, 5.74) is 0.921. The minimum Gasteiger partial charge on any atom is -0.310 e. The zero-order chi connectivity index (χ0) is 11.9. The fraction of sp³-hybridized carbons (Fsp3) is 0.444. The normalized spacial score (nSPS) is 23.6. The van der Waals surface area contributed by atoms with Crippen LogP contribution in [0.5, 0.6) is 0 Å². The van der Waals surface area contributed by atoms with Gasteiger partial charge in [-0.15, -0.1) is 11.3 Å². The SMILES string of the molecule is CCOP1(=O)NC(=O)Nc2sc(C)c(C)c21. The third-order valence-corrected chi connectivity index (χ3v) is 5.98. The Kier molecular flexibility index (Phi) is 2.82. The van der Waals surface area contributed by atoms with Crippen molar-refractivity contribution in [2.45, 2.75) is 20.8 Å². The van der Waals surface area contributed by atoms with Crippen molar-refractivity contribution in [3.63, 3.8) is 0 Å². The van der Waals surface area contributed by atoms with Crippen LogP contribution in [0.25, 0.3) is 0 Å². The molecular formula is C9H13N2O3PS. The summed E-state index contributed by atoms with van der Waals surface area (Å²) in [6, 6.07) is -0.467. The van der Waals surface area contributed by atoms with E-state index in [4.69, 9.17) is 4.52 Å². The van der Waals surface area contributed by atoms with Gasteiger partial charge in [-0.3, -0.25) is 15.0 Å². The number of fused-ring (bicyclic) bond motifs is 1. The van der Waals surface area contributed by atoms with Crippen molar-refractivity contribution in [1.82, 2.24) is 5.09 Å². The largest absolute Gasteiger partial charge is 0.330 e. The lowest BCUT2D eigenvalue weighted by atomic mass is 10.3. The molecule has 2 amide bonds. The Morgan fingerprint density at radius 2 is 2.12 bits per heavy atom. The van der Waals surface area contributed by atoms with E-state index in [0.717, 1.165) is 10.4 Å². The summed E-state index contributed by atoms with van der Waals surface area (Å²) >= 11 is 1.42. The Hall–Kier alpha value is -0.840. The molecule has 88 valence electrons. The van der Waals surface area contributed by atoms with Crippen LogP contribution in [0.2, 0.25) is 0 Å². The van der Waals surface area contributed by atoms with Gasteiger partial charge in [0.15, 0.2) is 0 Å². The van der Waals surface area contributed by atoms with Crippen LogP contribution in [0.15, 0.2) is 0 Å². The summed E-state index contributed by atoms with van der Waals surface area (Å²) in [6.07, 6.45) is 0. The zero-order valence-corrected chi connectivity index (χ0v) is 11.0. The van der Waals surface area contributed by atoms with Gasteiger partial charge in [-0.05, 0) is 26.3 Å². The molecule has 0 saturated carbocycles. The minimum atomic E-state index is -3.23. The van der Waals surface area contributed by atoms with Crippen molar-refractivity contribution in [3.05, 3.63) is 10.4 Å². The lowest BCUT2D eigenvalue weighted by molar-refractivity contribution is 0.253. The van der Waals surface area contributed by atoms with E-state index in [-0.39, 0.29) is 0 Å². The molecule has 2 rings (SSSR count). The Morgan fingerprint density at radius 3 is 2.75 bits per heavy atom. The summed E-state index contributed by atoms with van der Waals surface area (Å²) in [7, 11) is -3.23. The van der Waals surface area contributed by atoms with Gasteiger partial charge >= 0.3 is 13.6 Å². The summed E-state index contributed by atoms with van der Waals surface area (Å²) in [5, 5.41) is 6.29. The number of nitrogens with one attached hydrogen (secondary N) is 2. The Bertz CT molecular complexity index is 497. The number of amides is 2. The number of carbonyl (C=O) groups excluding carboxylic acids is 1. The van der Waals surface area contributed by atoms with Crippen LogP contribution in [0, 0.1) is 13.8 Å². The average Bonchev–Trinajstić information content (AvgIpc) is 2.42. The molecule has 16 heavy (non-hydrogen) atoms. The maximum atomic E-state index is 12.5. The molecule has 1 aromatic heterocycles. The molecule has 0 fully saturated rings. The molecule has 2 N–H and O–H groups in total. The molecule has 0 spiro atoms. The maximum absolute atomic E-state index is 12.5. The highest BCUT2D eigenvalue weighted by Crippen LogP contribution is 2.49. The van der Waals surface area contributed by atoms with Gasteiger partial charge in [-0.1, -0.05) is 0 Å². The smallest absolute Gasteiger partial charge is 0.310 e. The van der Waals surface area contributed by atoms with Crippen LogP contribution in [0.3, 0.4) is 0 Å². The van der Waals surface area contributed by atoms with E-state index in [1.54, 1.807) is 6.92 Å². The molecule has 1 aliphatic rings. The predicted octanol–water partition coefficient (Wildman–Crippen LogP) is 2.35. The van der Waals surface area contributed by atoms with E-state index < -0.39 is 13.6 Å². The summed E-state index contributed by atoms with van der Waals surface area (Å²) in [5.74, 6) is 0. The summed E-state index contributed by atoms with van der Waals surface area (Å²) < 4.78 is 17.8. The molecule has 5 nitrogen and oxygen atoms in total. The van der Waals surface area contributed by atoms with Crippen molar-refractivity contribution >= 4 is 35.2 Å². The second kappa shape index (κ2) is 3.87. The first-order valence-electron chi connectivity index (χ1n) is 4.92. The minimum absolute atomic E-state index is 0.297. The fourth-order valence-electron chi connectivity index (χ4n) is 1.65.